The summed E-state index contributed by atoms with van der Waals surface area (Å²) in [4.78, 5) is 11.4. The number of halogens is 6. The maximum absolute atomic E-state index is 13.0. The summed E-state index contributed by atoms with van der Waals surface area (Å²) in [5.74, 6) is -0.460. The minimum Gasteiger partial charge on any atom is -0.463 e. The zero-order chi connectivity index (χ0) is 22.0. The minimum absolute atomic E-state index is 0.116. The molecule has 11 heteroatoms. The van der Waals surface area contributed by atoms with Crippen molar-refractivity contribution in [2.75, 3.05) is 6.61 Å². The van der Waals surface area contributed by atoms with Crippen LogP contribution in [0.25, 0.3) is 17.2 Å². The molecule has 0 aliphatic rings. The first-order valence-corrected chi connectivity index (χ1v) is 8.10. The molecule has 0 radical (unpaired) electrons. The number of ether oxygens (including phenoxy) is 1. The van der Waals surface area contributed by atoms with Crippen LogP contribution in [0, 0.1) is 6.92 Å². The van der Waals surface area contributed by atoms with Crippen molar-refractivity contribution in [1.82, 2.24) is 5.16 Å². The average molecular weight is 423 g/mol. The summed E-state index contributed by atoms with van der Waals surface area (Å²) in [6.07, 6.45) is -9.68. The monoisotopic (exact) mass is 423 g/mol. The van der Waals surface area contributed by atoms with Crippen LogP contribution >= 0.6 is 0 Å². The molecule has 158 valence electrons. The van der Waals surface area contributed by atoms with Crippen molar-refractivity contribution < 1.29 is 45.5 Å². The smallest absolute Gasteiger partial charge is 0.430 e. The van der Waals surface area contributed by atoms with Crippen molar-refractivity contribution in [2.45, 2.75) is 31.8 Å². The third-order valence-electron chi connectivity index (χ3n) is 3.96. The highest BCUT2D eigenvalue weighted by atomic mass is 19.4. The molecule has 0 spiro atoms. The number of esters is 1. The molecule has 0 saturated heterocycles. The fraction of sp³-hybridized carbons (Fsp3) is 0.333. The quantitative estimate of drug-likeness (QED) is 0.434. The zero-order valence-corrected chi connectivity index (χ0v) is 15.1. The minimum atomic E-state index is -5.98. The Hall–Kier alpha value is -2.82. The molecule has 0 atom stereocenters. The molecule has 0 unspecified atom stereocenters. The molecule has 0 amide bonds. The Labute approximate surface area is 160 Å². The predicted molar refractivity (Wildman–Crippen MR) is 88.3 cm³/mol. The first-order valence-electron chi connectivity index (χ1n) is 8.10. The van der Waals surface area contributed by atoms with E-state index in [9.17, 15) is 36.2 Å². The summed E-state index contributed by atoms with van der Waals surface area (Å²) in [5.41, 5.74) is -5.87. The van der Waals surface area contributed by atoms with E-state index in [0.717, 1.165) is 18.2 Å². The molecule has 29 heavy (non-hydrogen) atoms. The second-order valence-electron chi connectivity index (χ2n) is 5.87. The van der Waals surface area contributed by atoms with Crippen molar-refractivity contribution in [3.63, 3.8) is 0 Å². The van der Waals surface area contributed by atoms with Crippen molar-refractivity contribution in [3.8, 4) is 11.1 Å². The van der Waals surface area contributed by atoms with Crippen molar-refractivity contribution in [2.24, 2.45) is 0 Å². The van der Waals surface area contributed by atoms with Gasteiger partial charge in [0.05, 0.1) is 12.2 Å². The molecule has 2 rings (SSSR count). The van der Waals surface area contributed by atoms with Crippen LogP contribution in [-0.4, -0.2) is 35.2 Å². The highest BCUT2D eigenvalue weighted by Crippen LogP contribution is 2.50. The first-order chi connectivity index (χ1) is 13.3. The lowest BCUT2D eigenvalue weighted by molar-refractivity contribution is -0.376. The number of nitrogens with zero attached hydrogens (tertiary/aromatic N) is 1. The van der Waals surface area contributed by atoms with Crippen molar-refractivity contribution in [3.05, 3.63) is 47.4 Å². The number of alkyl halides is 6. The molecule has 0 fully saturated rings. The number of benzene rings is 1. The third kappa shape index (κ3) is 4.29. The first kappa shape index (κ1) is 22.5. The van der Waals surface area contributed by atoms with Gasteiger partial charge in [0.2, 0.25) is 0 Å². The van der Waals surface area contributed by atoms with Crippen molar-refractivity contribution in [1.29, 1.82) is 0 Å². The summed E-state index contributed by atoms with van der Waals surface area (Å²) in [5, 5.41) is 13.1. The molecule has 0 bridgehead atoms. The summed E-state index contributed by atoms with van der Waals surface area (Å²) in [6.45, 7) is 3.21. The van der Waals surface area contributed by atoms with Gasteiger partial charge in [-0.15, -0.1) is 0 Å². The largest absolute Gasteiger partial charge is 0.463 e. The van der Waals surface area contributed by atoms with E-state index in [0.29, 0.717) is 12.1 Å². The van der Waals surface area contributed by atoms with E-state index < -0.39 is 29.5 Å². The molecule has 1 aromatic carbocycles. The Kier molecular flexibility index (Phi) is 6.12. The lowest BCUT2D eigenvalue weighted by atomic mass is 9.90. The van der Waals surface area contributed by atoms with Gasteiger partial charge in [-0.3, -0.25) is 0 Å². The van der Waals surface area contributed by atoms with Gasteiger partial charge in [-0.1, -0.05) is 29.4 Å². The van der Waals surface area contributed by atoms with Gasteiger partial charge in [-0.25, -0.2) is 4.79 Å². The van der Waals surface area contributed by atoms with Gasteiger partial charge in [0.15, 0.2) is 0 Å². The van der Waals surface area contributed by atoms with Gasteiger partial charge in [-0.2, -0.15) is 26.3 Å². The normalized spacial score (nSPS) is 13.1. The second-order valence-corrected chi connectivity index (χ2v) is 5.87. The fourth-order valence-corrected chi connectivity index (χ4v) is 2.56. The SMILES string of the molecule is CCOC(=O)C=Cc1noc(C)c1-c1ccc(C(O)(C(F)(F)F)C(F)(F)F)cc1. The van der Waals surface area contributed by atoms with E-state index in [1.54, 1.807) is 6.92 Å². The van der Waals surface area contributed by atoms with E-state index in [1.165, 1.54) is 13.0 Å². The second kappa shape index (κ2) is 7.90. The molecule has 0 aliphatic heterocycles. The van der Waals surface area contributed by atoms with Crippen molar-refractivity contribution >= 4 is 12.0 Å². The van der Waals surface area contributed by atoms with E-state index in [1.807, 2.05) is 0 Å². The standard InChI is InChI=1S/C18H15F6NO4/c1-3-28-14(26)9-8-13-15(10(2)29-25-13)11-4-6-12(7-5-11)16(27,17(19,20)21)18(22,23)24/h4-9,27H,3H2,1-2H3. The highest BCUT2D eigenvalue weighted by molar-refractivity contribution is 5.88. The lowest BCUT2D eigenvalue weighted by Crippen LogP contribution is -2.53. The van der Waals surface area contributed by atoms with Gasteiger partial charge in [0, 0.05) is 11.6 Å². The molecular weight excluding hydrogens is 408 g/mol. The van der Waals surface area contributed by atoms with E-state index in [4.69, 9.17) is 9.26 Å². The summed E-state index contributed by atoms with van der Waals surface area (Å²) < 4.78 is 87.6. The number of aliphatic hydroxyl groups is 1. The number of carbonyl (C=O) groups is 1. The van der Waals surface area contributed by atoms with Gasteiger partial charge in [-0.05, 0) is 25.5 Å². The van der Waals surface area contributed by atoms with Gasteiger partial charge in [0.1, 0.15) is 11.5 Å². The van der Waals surface area contributed by atoms with Crippen LogP contribution in [0.1, 0.15) is 23.9 Å². The Morgan fingerprint density at radius 2 is 1.69 bits per heavy atom. The topological polar surface area (TPSA) is 72.6 Å². The van der Waals surface area contributed by atoms with Crippen LogP contribution in [0.5, 0.6) is 0 Å². The van der Waals surface area contributed by atoms with Crippen LogP contribution in [0.2, 0.25) is 0 Å². The van der Waals surface area contributed by atoms with Crippen LogP contribution in [0.15, 0.2) is 34.9 Å². The summed E-state index contributed by atoms with van der Waals surface area (Å²) in [7, 11) is 0. The number of aromatic nitrogens is 1. The van der Waals surface area contributed by atoms with Gasteiger partial charge >= 0.3 is 18.3 Å². The molecule has 0 saturated carbocycles. The van der Waals surface area contributed by atoms with Gasteiger partial charge in [0.25, 0.3) is 5.60 Å². The Balaban J connectivity index is 2.46. The Morgan fingerprint density at radius 3 is 2.17 bits per heavy atom. The van der Waals surface area contributed by atoms with Gasteiger partial charge < -0.3 is 14.4 Å². The van der Waals surface area contributed by atoms with E-state index >= 15 is 0 Å². The maximum atomic E-state index is 13.0. The van der Waals surface area contributed by atoms with E-state index in [2.05, 4.69) is 5.16 Å². The number of hydrogen-bond donors (Lipinski definition) is 1. The molecule has 1 heterocycles. The molecule has 0 aliphatic carbocycles. The van der Waals surface area contributed by atoms with Crippen LogP contribution in [-0.2, 0) is 15.1 Å². The van der Waals surface area contributed by atoms with Crippen LogP contribution < -0.4 is 0 Å². The molecule has 1 aromatic heterocycles. The molecular formula is C18H15F6NO4. The molecule has 1 N–H and O–H groups in total. The number of rotatable bonds is 5. The Morgan fingerprint density at radius 1 is 1.14 bits per heavy atom. The highest BCUT2D eigenvalue weighted by Gasteiger charge is 2.71. The predicted octanol–water partition coefficient (Wildman–Crippen LogP) is 4.54. The lowest BCUT2D eigenvalue weighted by Gasteiger charge is -2.32. The molecule has 5 nitrogen and oxygen atoms in total. The van der Waals surface area contributed by atoms with Crippen LogP contribution in [0.3, 0.4) is 0 Å². The van der Waals surface area contributed by atoms with Crippen LogP contribution in [0.4, 0.5) is 26.3 Å². The molecule has 2 aromatic rings. The third-order valence-corrected chi connectivity index (χ3v) is 3.96. The number of hydrogen-bond acceptors (Lipinski definition) is 5. The number of carbonyl (C=O) groups excluding carboxylic acids is 1. The Bertz CT molecular complexity index is 883. The fourth-order valence-electron chi connectivity index (χ4n) is 2.56. The average Bonchev–Trinajstić information content (AvgIpc) is 2.98. The summed E-state index contributed by atoms with van der Waals surface area (Å²) in [6, 6.07) is 2.95. The maximum Gasteiger partial charge on any atom is 0.430 e. The zero-order valence-electron chi connectivity index (χ0n) is 15.1. The summed E-state index contributed by atoms with van der Waals surface area (Å²) >= 11 is 0. The van der Waals surface area contributed by atoms with E-state index in [-0.39, 0.29) is 29.2 Å². The number of aryl methyl sites for hydroxylation is 1.